The van der Waals surface area contributed by atoms with Crippen molar-refractivity contribution in [3.8, 4) is 0 Å². The van der Waals surface area contributed by atoms with E-state index in [2.05, 4.69) is 6.58 Å². The molecule has 1 aliphatic heterocycles. The van der Waals surface area contributed by atoms with Crippen molar-refractivity contribution in [3.63, 3.8) is 0 Å². The van der Waals surface area contributed by atoms with Crippen LogP contribution in [0.25, 0.3) is 0 Å². The van der Waals surface area contributed by atoms with Gasteiger partial charge in [-0.3, -0.25) is 0 Å². The molecule has 5 rings (SSSR count). The topological polar surface area (TPSA) is 80.3 Å². The first-order valence-electron chi connectivity index (χ1n) is 15.3. The molecule has 1 heterocycles. The molecule has 0 saturated carbocycles. The molecular formula is C38H40O7S. The Bertz CT molecular complexity index is 1630. The summed E-state index contributed by atoms with van der Waals surface area (Å²) in [5.74, 6) is -0.104. The quantitative estimate of drug-likeness (QED) is 0.117. The highest BCUT2D eigenvalue weighted by molar-refractivity contribution is 7.91. The van der Waals surface area contributed by atoms with Crippen molar-refractivity contribution >= 4 is 9.84 Å². The average Bonchev–Trinajstić information content (AvgIpc) is 3.08. The standard InChI is InChI=1S/C38H40O7S/c1-2-23-46(39,40)29-35-37(43-26-32-19-11-5-12-20-32)38(44-27-33-21-13-6-14-22-33)36(42-25-31-17-9-4-10-18-31)34(45-35)28-41-24-30-15-7-3-8-16-30/h2-22,34,36,38H,1,23-29H2/t34-,36-,38+/m1/s1. The van der Waals surface area contributed by atoms with Gasteiger partial charge >= 0.3 is 0 Å². The Balaban J connectivity index is 1.51. The molecular weight excluding hydrogens is 600 g/mol. The summed E-state index contributed by atoms with van der Waals surface area (Å²) in [6, 6.07) is 39.1. The molecule has 0 fully saturated rings. The first-order valence-corrected chi connectivity index (χ1v) is 17.1. The van der Waals surface area contributed by atoms with E-state index in [1.54, 1.807) is 0 Å². The Morgan fingerprint density at radius 1 is 0.652 bits per heavy atom. The minimum atomic E-state index is -3.62. The van der Waals surface area contributed by atoms with Gasteiger partial charge < -0.3 is 23.7 Å². The molecule has 0 spiro atoms. The van der Waals surface area contributed by atoms with E-state index in [-0.39, 0.29) is 43.7 Å². The Kier molecular flexibility index (Phi) is 12.2. The van der Waals surface area contributed by atoms with Gasteiger partial charge in [-0.2, -0.15) is 0 Å². The normalized spacial score (nSPS) is 18.1. The van der Waals surface area contributed by atoms with Crippen LogP contribution in [0.2, 0.25) is 0 Å². The average molecular weight is 641 g/mol. The summed E-state index contributed by atoms with van der Waals surface area (Å²) in [5, 5.41) is 0. The van der Waals surface area contributed by atoms with Crippen molar-refractivity contribution in [2.75, 3.05) is 18.1 Å². The first-order chi connectivity index (χ1) is 22.5. The van der Waals surface area contributed by atoms with Crippen molar-refractivity contribution in [1.29, 1.82) is 0 Å². The molecule has 0 radical (unpaired) electrons. The smallest absolute Gasteiger partial charge is 0.167 e. The lowest BCUT2D eigenvalue weighted by molar-refractivity contribution is -0.173. The predicted octanol–water partition coefficient (Wildman–Crippen LogP) is 6.80. The van der Waals surface area contributed by atoms with Crippen molar-refractivity contribution in [2.24, 2.45) is 0 Å². The highest BCUT2D eigenvalue weighted by Crippen LogP contribution is 2.33. The number of benzene rings is 4. The summed E-state index contributed by atoms with van der Waals surface area (Å²) in [4.78, 5) is 0. The summed E-state index contributed by atoms with van der Waals surface area (Å²) >= 11 is 0. The third-order valence-corrected chi connectivity index (χ3v) is 8.85. The zero-order valence-electron chi connectivity index (χ0n) is 25.8. The van der Waals surface area contributed by atoms with Gasteiger partial charge in [-0.25, -0.2) is 8.42 Å². The van der Waals surface area contributed by atoms with E-state index in [9.17, 15) is 8.42 Å². The molecule has 4 aromatic rings. The fraction of sp³-hybridized carbons (Fsp3) is 0.263. The number of rotatable bonds is 17. The molecule has 0 N–H and O–H groups in total. The Morgan fingerprint density at radius 3 is 1.65 bits per heavy atom. The molecule has 0 aliphatic carbocycles. The Morgan fingerprint density at radius 2 is 1.13 bits per heavy atom. The molecule has 0 saturated heterocycles. The summed E-state index contributed by atoms with van der Waals surface area (Å²) in [6.07, 6.45) is -0.790. The van der Waals surface area contributed by atoms with Crippen molar-refractivity contribution in [1.82, 2.24) is 0 Å². The van der Waals surface area contributed by atoms with Crippen molar-refractivity contribution in [3.05, 3.63) is 168 Å². The lowest BCUT2D eigenvalue weighted by Gasteiger charge is -2.40. The van der Waals surface area contributed by atoms with Crippen LogP contribution < -0.4 is 0 Å². The number of sulfone groups is 1. The minimum absolute atomic E-state index is 0.135. The lowest BCUT2D eigenvalue weighted by Crippen LogP contribution is -2.50. The van der Waals surface area contributed by atoms with Gasteiger partial charge in [-0.1, -0.05) is 127 Å². The third-order valence-electron chi connectivity index (χ3n) is 7.40. The van der Waals surface area contributed by atoms with Gasteiger partial charge in [0.2, 0.25) is 0 Å². The van der Waals surface area contributed by atoms with E-state index in [0.29, 0.717) is 12.4 Å². The maximum atomic E-state index is 13.2. The van der Waals surface area contributed by atoms with Gasteiger partial charge in [0.05, 0.1) is 32.2 Å². The van der Waals surface area contributed by atoms with Crippen LogP contribution in [0.4, 0.5) is 0 Å². The highest BCUT2D eigenvalue weighted by Gasteiger charge is 2.44. The van der Waals surface area contributed by atoms with Crippen LogP contribution >= 0.6 is 0 Å². The molecule has 8 heteroatoms. The zero-order valence-corrected chi connectivity index (χ0v) is 26.6. The van der Waals surface area contributed by atoms with Gasteiger partial charge in [-0.05, 0) is 22.3 Å². The molecule has 7 nitrogen and oxygen atoms in total. The maximum Gasteiger partial charge on any atom is 0.167 e. The van der Waals surface area contributed by atoms with E-state index in [0.717, 1.165) is 22.3 Å². The molecule has 0 amide bonds. The van der Waals surface area contributed by atoms with E-state index in [1.807, 2.05) is 121 Å². The SMILES string of the molecule is C=CCS(=O)(=O)CC1=C(OCc2ccccc2)[C@@H](OCc2ccccc2)[C@H](OCc2ccccc2)[C@@H](COCc2ccccc2)O1. The molecule has 1 aliphatic rings. The number of ether oxygens (including phenoxy) is 5. The van der Waals surface area contributed by atoms with Crippen LogP contribution in [0.15, 0.2) is 146 Å². The third kappa shape index (κ3) is 9.89. The maximum absolute atomic E-state index is 13.2. The van der Waals surface area contributed by atoms with E-state index >= 15 is 0 Å². The zero-order chi connectivity index (χ0) is 32.0. The summed E-state index contributed by atoms with van der Waals surface area (Å²) < 4.78 is 58.6. The van der Waals surface area contributed by atoms with Crippen LogP contribution in [-0.2, 0) is 59.9 Å². The van der Waals surface area contributed by atoms with Crippen LogP contribution in [0.1, 0.15) is 22.3 Å². The second-order valence-corrected chi connectivity index (χ2v) is 13.1. The van der Waals surface area contributed by atoms with Gasteiger partial charge in [-0.15, -0.1) is 6.58 Å². The Labute approximate surface area is 272 Å². The fourth-order valence-electron chi connectivity index (χ4n) is 5.14. The second-order valence-electron chi connectivity index (χ2n) is 11.0. The predicted molar refractivity (Wildman–Crippen MR) is 178 cm³/mol. The summed E-state index contributed by atoms with van der Waals surface area (Å²) in [5.41, 5.74) is 3.85. The molecule has 0 aromatic heterocycles. The van der Waals surface area contributed by atoms with Gasteiger partial charge in [0.25, 0.3) is 0 Å². The molecule has 0 unspecified atom stereocenters. The second kappa shape index (κ2) is 16.9. The highest BCUT2D eigenvalue weighted by atomic mass is 32.2. The van der Waals surface area contributed by atoms with Crippen LogP contribution in [0.5, 0.6) is 0 Å². The molecule has 4 aromatic carbocycles. The van der Waals surface area contributed by atoms with Gasteiger partial charge in [0.1, 0.15) is 24.6 Å². The first kappa shape index (κ1) is 33.2. The van der Waals surface area contributed by atoms with Crippen LogP contribution in [0, 0.1) is 0 Å². The molecule has 46 heavy (non-hydrogen) atoms. The van der Waals surface area contributed by atoms with Crippen molar-refractivity contribution in [2.45, 2.75) is 44.7 Å². The van der Waals surface area contributed by atoms with Crippen LogP contribution in [-0.4, -0.2) is 44.8 Å². The summed E-state index contributed by atoms with van der Waals surface area (Å²) in [6.45, 7) is 4.84. The number of hydrogen-bond acceptors (Lipinski definition) is 7. The van der Waals surface area contributed by atoms with Crippen molar-refractivity contribution < 1.29 is 32.1 Å². The lowest BCUT2D eigenvalue weighted by atomic mass is 10.0. The van der Waals surface area contributed by atoms with E-state index < -0.39 is 28.1 Å². The fourth-order valence-corrected chi connectivity index (χ4v) is 6.23. The van der Waals surface area contributed by atoms with E-state index in [4.69, 9.17) is 23.7 Å². The molecule has 0 bridgehead atoms. The van der Waals surface area contributed by atoms with Crippen LogP contribution in [0.3, 0.4) is 0 Å². The Hall–Kier alpha value is -4.21. The largest absolute Gasteiger partial charge is 0.487 e. The summed E-state index contributed by atoms with van der Waals surface area (Å²) in [7, 11) is -3.62. The van der Waals surface area contributed by atoms with Gasteiger partial charge in [0, 0.05) is 0 Å². The minimum Gasteiger partial charge on any atom is -0.487 e. The number of hydrogen-bond donors (Lipinski definition) is 0. The van der Waals surface area contributed by atoms with Gasteiger partial charge in [0.15, 0.2) is 27.5 Å². The van der Waals surface area contributed by atoms with E-state index in [1.165, 1.54) is 6.08 Å². The molecule has 3 atom stereocenters. The monoisotopic (exact) mass is 640 g/mol. The molecule has 240 valence electrons.